The van der Waals surface area contributed by atoms with E-state index < -0.39 is 0 Å². The molecule has 3 heteroatoms. The Morgan fingerprint density at radius 2 is 1.43 bits per heavy atom. The van der Waals surface area contributed by atoms with Crippen molar-refractivity contribution >= 4 is 27.6 Å². The number of aryl methyl sites for hydroxylation is 1. The number of rotatable bonds is 3. The third-order valence-electron chi connectivity index (χ3n) is 5.99. The normalized spacial score (nSPS) is 12.1. The first-order valence-corrected chi connectivity index (χ1v) is 10.8. The van der Waals surface area contributed by atoms with Gasteiger partial charge in [0, 0.05) is 10.9 Å². The molecule has 150 valence electrons. The molecular formula is C27H27N3. The van der Waals surface area contributed by atoms with Crippen molar-refractivity contribution in [2.45, 2.75) is 46.5 Å². The van der Waals surface area contributed by atoms with Gasteiger partial charge in [-0.2, -0.15) is 0 Å². The van der Waals surface area contributed by atoms with E-state index in [2.05, 4.69) is 99.7 Å². The summed E-state index contributed by atoms with van der Waals surface area (Å²) in [6.45, 7) is 11.2. The fourth-order valence-electron chi connectivity index (χ4n) is 4.49. The van der Waals surface area contributed by atoms with Crippen molar-refractivity contribution in [3.05, 3.63) is 77.4 Å². The molecule has 0 radical (unpaired) electrons. The molecule has 2 aromatic heterocycles. The number of nitrogens with zero attached hydrogens (tertiary/aromatic N) is 3. The minimum absolute atomic E-state index is 0.402. The van der Waals surface area contributed by atoms with E-state index in [9.17, 15) is 0 Å². The molecule has 5 rings (SSSR count). The number of benzene rings is 3. The van der Waals surface area contributed by atoms with Crippen LogP contribution in [-0.2, 0) is 0 Å². The fraction of sp³-hybridized carbons (Fsp3) is 0.259. The van der Waals surface area contributed by atoms with Crippen LogP contribution in [0.25, 0.3) is 39.0 Å². The van der Waals surface area contributed by atoms with Gasteiger partial charge in [-0.05, 0) is 54.2 Å². The van der Waals surface area contributed by atoms with E-state index in [0.29, 0.717) is 11.8 Å². The molecule has 2 heterocycles. The zero-order valence-electron chi connectivity index (χ0n) is 18.3. The Morgan fingerprint density at radius 3 is 2.13 bits per heavy atom. The third-order valence-corrected chi connectivity index (χ3v) is 5.99. The predicted molar refractivity (Wildman–Crippen MR) is 126 cm³/mol. The van der Waals surface area contributed by atoms with Crippen LogP contribution in [0.2, 0.25) is 0 Å². The number of aromatic nitrogens is 3. The molecule has 0 bridgehead atoms. The monoisotopic (exact) mass is 393 g/mol. The second-order valence-corrected chi connectivity index (χ2v) is 8.84. The van der Waals surface area contributed by atoms with Crippen LogP contribution in [0.4, 0.5) is 0 Å². The van der Waals surface area contributed by atoms with Crippen LogP contribution in [-0.4, -0.2) is 14.4 Å². The van der Waals surface area contributed by atoms with E-state index in [1.54, 1.807) is 0 Å². The SMILES string of the molecule is Cc1ccc2nc(-c3c(C(C)C)cccc3C(C)C)n3c4ccccc4nc3c2c1. The van der Waals surface area contributed by atoms with Crippen LogP contribution in [0.5, 0.6) is 0 Å². The van der Waals surface area contributed by atoms with Crippen LogP contribution in [0.3, 0.4) is 0 Å². The highest BCUT2D eigenvalue weighted by atomic mass is 15.1. The molecule has 5 aromatic rings. The number of fused-ring (bicyclic) bond motifs is 5. The maximum Gasteiger partial charge on any atom is 0.149 e. The Morgan fingerprint density at radius 1 is 0.733 bits per heavy atom. The van der Waals surface area contributed by atoms with Gasteiger partial charge in [0.25, 0.3) is 0 Å². The van der Waals surface area contributed by atoms with Crippen molar-refractivity contribution < 1.29 is 0 Å². The standard InChI is InChI=1S/C27H27N3/c1-16(2)19-9-8-10-20(17(3)4)25(19)27-28-22-14-13-18(5)15-21(22)26-29-23-11-6-7-12-24(23)30(26)27/h6-17H,1-5H3. The Labute approximate surface area is 177 Å². The van der Waals surface area contributed by atoms with E-state index in [0.717, 1.165) is 33.4 Å². The number of para-hydroxylation sites is 2. The van der Waals surface area contributed by atoms with Crippen molar-refractivity contribution in [1.82, 2.24) is 14.4 Å². The van der Waals surface area contributed by atoms with E-state index in [1.165, 1.54) is 22.3 Å². The first-order valence-electron chi connectivity index (χ1n) is 10.8. The summed E-state index contributed by atoms with van der Waals surface area (Å²) in [7, 11) is 0. The van der Waals surface area contributed by atoms with E-state index >= 15 is 0 Å². The van der Waals surface area contributed by atoms with Crippen molar-refractivity contribution in [2.24, 2.45) is 0 Å². The molecule has 0 N–H and O–H groups in total. The molecule has 0 aliphatic heterocycles. The van der Waals surface area contributed by atoms with Crippen molar-refractivity contribution in [1.29, 1.82) is 0 Å². The van der Waals surface area contributed by atoms with Crippen LogP contribution >= 0.6 is 0 Å². The molecule has 0 aliphatic carbocycles. The van der Waals surface area contributed by atoms with Crippen molar-refractivity contribution in [3.63, 3.8) is 0 Å². The average molecular weight is 394 g/mol. The summed E-state index contributed by atoms with van der Waals surface area (Å²) in [5.74, 6) is 1.79. The van der Waals surface area contributed by atoms with Gasteiger partial charge >= 0.3 is 0 Å². The van der Waals surface area contributed by atoms with Gasteiger partial charge in [-0.15, -0.1) is 0 Å². The van der Waals surface area contributed by atoms with Gasteiger partial charge in [0.2, 0.25) is 0 Å². The van der Waals surface area contributed by atoms with E-state index in [-0.39, 0.29) is 0 Å². The molecule has 0 unspecified atom stereocenters. The quantitative estimate of drug-likeness (QED) is 0.323. The maximum atomic E-state index is 5.25. The lowest BCUT2D eigenvalue weighted by atomic mass is 9.88. The fourth-order valence-corrected chi connectivity index (χ4v) is 4.49. The molecule has 0 amide bonds. The number of hydrogen-bond donors (Lipinski definition) is 0. The summed E-state index contributed by atoms with van der Waals surface area (Å²) in [6.07, 6.45) is 0. The molecule has 0 atom stereocenters. The highest BCUT2D eigenvalue weighted by molar-refractivity contribution is 5.99. The van der Waals surface area contributed by atoms with Gasteiger partial charge in [0.05, 0.1) is 16.6 Å². The summed E-state index contributed by atoms with van der Waals surface area (Å²) in [4.78, 5) is 10.3. The molecular weight excluding hydrogens is 366 g/mol. The van der Waals surface area contributed by atoms with Gasteiger partial charge < -0.3 is 0 Å². The Bertz CT molecular complexity index is 1380. The van der Waals surface area contributed by atoms with E-state index in [4.69, 9.17) is 9.97 Å². The average Bonchev–Trinajstić information content (AvgIpc) is 3.12. The minimum atomic E-state index is 0.402. The van der Waals surface area contributed by atoms with Crippen LogP contribution < -0.4 is 0 Å². The smallest absolute Gasteiger partial charge is 0.149 e. The number of hydrogen-bond acceptors (Lipinski definition) is 2. The zero-order chi connectivity index (χ0) is 21.0. The zero-order valence-corrected chi connectivity index (χ0v) is 18.3. The minimum Gasteiger partial charge on any atom is -0.276 e. The van der Waals surface area contributed by atoms with Gasteiger partial charge in [0.15, 0.2) is 0 Å². The molecule has 0 saturated carbocycles. The van der Waals surface area contributed by atoms with Gasteiger partial charge in [-0.1, -0.05) is 69.7 Å². The predicted octanol–water partition coefficient (Wildman–Crippen LogP) is 7.26. The molecule has 3 aromatic carbocycles. The first kappa shape index (κ1) is 18.8. The van der Waals surface area contributed by atoms with Gasteiger partial charge in [-0.3, -0.25) is 4.40 Å². The number of imidazole rings is 1. The summed E-state index contributed by atoms with van der Waals surface area (Å²) < 4.78 is 2.27. The van der Waals surface area contributed by atoms with Crippen LogP contribution in [0.1, 0.15) is 56.2 Å². The van der Waals surface area contributed by atoms with Crippen molar-refractivity contribution in [3.8, 4) is 11.4 Å². The summed E-state index contributed by atoms with van der Waals surface area (Å²) >= 11 is 0. The highest BCUT2D eigenvalue weighted by Crippen LogP contribution is 2.38. The van der Waals surface area contributed by atoms with Crippen LogP contribution in [0.15, 0.2) is 60.7 Å². The lowest BCUT2D eigenvalue weighted by Crippen LogP contribution is -2.06. The largest absolute Gasteiger partial charge is 0.276 e. The lowest BCUT2D eigenvalue weighted by molar-refractivity contribution is 0.833. The van der Waals surface area contributed by atoms with Gasteiger partial charge in [-0.25, -0.2) is 9.97 Å². The van der Waals surface area contributed by atoms with E-state index in [1.807, 2.05) is 0 Å². The van der Waals surface area contributed by atoms with Crippen molar-refractivity contribution in [2.75, 3.05) is 0 Å². The molecule has 0 spiro atoms. The van der Waals surface area contributed by atoms with Gasteiger partial charge in [0.1, 0.15) is 11.5 Å². The molecule has 0 saturated heterocycles. The lowest BCUT2D eigenvalue weighted by Gasteiger charge is -2.21. The summed E-state index contributed by atoms with van der Waals surface area (Å²) in [6, 6.07) is 21.5. The first-order chi connectivity index (χ1) is 14.5. The molecule has 3 nitrogen and oxygen atoms in total. The molecule has 0 fully saturated rings. The second kappa shape index (κ2) is 6.94. The highest BCUT2D eigenvalue weighted by Gasteiger charge is 2.22. The molecule has 0 aliphatic rings. The summed E-state index contributed by atoms with van der Waals surface area (Å²) in [5, 5.41) is 1.10. The molecule has 30 heavy (non-hydrogen) atoms. The van der Waals surface area contributed by atoms with Crippen LogP contribution in [0, 0.1) is 6.92 Å². The summed E-state index contributed by atoms with van der Waals surface area (Å²) in [5.41, 5.74) is 9.21. The Balaban J connectivity index is 2.04. The Kier molecular flexibility index (Phi) is 4.35. The topological polar surface area (TPSA) is 30.2 Å². The third kappa shape index (κ3) is 2.80. The maximum absolute atomic E-state index is 5.25. The second-order valence-electron chi connectivity index (χ2n) is 8.84. The Hall–Kier alpha value is -3.20.